The molecule has 8 heteroatoms. The SMILES string of the molecule is CCNC(=NCC1CCCC1O)N1CCC(CN(CC)CC(F)(F)F)C1. The Labute approximate surface area is 154 Å². The minimum Gasteiger partial charge on any atom is -0.393 e. The molecule has 1 saturated heterocycles. The van der Waals surface area contributed by atoms with Gasteiger partial charge in [0, 0.05) is 38.6 Å². The summed E-state index contributed by atoms with van der Waals surface area (Å²) in [7, 11) is 0. The van der Waals surface area contributed by atoms with Crippen molar-refractivity contribution in [3.8, 4) is 0 Å². The van der Waals surface area contributed by atoms with Crippen molar-refractivity contribution in [1.29, 1.82) is 0 Å². The van der Waals surface area contributed by atoms with Crippen molar-refractivity contribution >= 4 is 5.96 Å². The Kier molecular flexibility index (Phi) is 8.01. The van der Waals surface area contributed by atoms with E-state index in [0.29, 0.717) is 19.6 Å². The highest BCUT2D eigenvalue weighted by Gasteiger charge is 2.33. The summed E-state index contributed by atoms with van der Waals surface area (Å²) in [5.41, 5.74) is 0. The lowest BCUT2D eigenvalue weighted by molar-refractivity contribution is -0.146. The van der Waals surface area contributed by atoms with Crippen LogP contribution in [0.25, 0.3) is 0 Å². The highest BCUT2D eigenvalue weighted by Crippen LogP contribution is 2.26. The average molecular weight is 378 g/mol. The van der Waals surface area contributed by atoms with Gasteiger partial charge in [-0.3, -0.25) is 9.89 Å². The van der Waals surface area contributed by atoms with Gasteiger partial charge in [-0.15, -0.1) is 0 Å². The number of aliphatic hydroxyl groups excluding tert-OH is 1. The second kappa shape index (κ2) is 9.78. The number of halogens is 3. The number of alkyl halides is 3. The van der Waals surface area contributed by atoms with E-state index in [0.717, 1.165) is 51.3 Å². The Hall–Kier alpha value is -1.02. The van der Waals surface area contributed by atoms with E-state index < -0.39 is 12.7 Å². The van der Waals surface area contributed by atoms with E-state index in [1.165, 1.54) is 4.90 Å². The van der Waals surface area contributed by atoms with Crippen LogP contribution in [0.1, 0.15) is 39.5 Å². The molecule has 2 aliphatic rings. The lowest BCUT2D eigenvalue weighted by Gasteiger charge is -2.26. The predicted molar refractivity (Wildman–Crippen MR) is 97.2 cm³/mol. The Morgan fingerprint density at radius 3 is 2.62 bits per heavy atom. The van der Waals surface area contributed by atoms with Crippen molar-refractivity contribution in [2.24, 2.45) is 16.8 Å². The Bertz CT molecular complexity index is 458. The molecular formula is C18H33F3N4O. The molecule has 3 unspecified atom stereocenters. The van der Waals surface area contributed by atoms with E-state index in [9.17, 15) is 18.3 Å². The molecule has 0 aromatic heterocycles. The smallest absolute Gasteiger partial charge is 0.393 e. The molecule has 0 bridgehead atoms. The zero-order valence-corrected chi connectivity index (χ0v) is 15.9. The number of nitrogens with one attached hydrogen (secondary N) is 1. The largest absolute Gasteiger partial charge is 0.401 e. The quantitative estimate of drug-likeness (QED) is 0.527. The first-order valence-corrected chi connectivity index (χ1v) is 9.82. The number of aliphatic imine (C=N–C) groups is 1. The summed E-state index contributed by atoms with van der Waals surface area (Å²) in [6, 6.07) is 0. The Balaban J connectivity index is 1.88. The van der Waals surface area contributed by atoms with Crippen LogP contribution in [-0.4, -0.2) is 79.0 Å². The van der Waals surface area contributed by atoms with E-state index in [-0.39, 0.29) is 17.9 Å². The van der Waals surface area contributed by atoms with E-state index in [4.69, 9.17) is 4.99 Å². The summed E-state index contributed by atoms with van der Waals surface area (Å²) < 4.78 is 38.0. The summed E-state index contributed by atoms with van der Waals surface area (Å²) in [5, 5.41) is 13.2. The first-order chi connectivity index (χ1) is 12.3. The highest BCUT2D eigenvalue weighted by atomic mass is 19.4. The molecule has 1 saturated carbocycles. The lowest BCUT2D eigenvalue weighted by atomic mass is 10.1. The van der Waals surface area contributed by atoms with Gasteiger partial charge in [0.05, 0.1) is 12.6 Å². The molecule has 0 amide bonds. The van der Waals surface area contributed by atoms with Crippen molar-refractivity contribution in [2.75, 3.05) is 45.8 Å². The third kappa shape index (κ3) is 6.61. The summed E-state index contributed by atoms with van der Waals surface area (Å²) >= 11 is 0. The maximum atomic E-state index is 12.7. The number of hydrogen-bond acceptors (Lipinski definition) is 3. The molecule has 0 spiro atoms. The number of likely N-dealkylation sites (tertiary alicyclic amines) is 1. The second-order valence-electron chi connectivity index (χ2n) is 7.50. The molecule has 3 atom stereocenters. The third-order valence-electron chi connectivity index (χ3n) is 5.38. The predicted octanol–water partition coefficient (Wildman–Crippen LogP) is 2.32. The minimum atomic E-state index is -4.15. The molecule has 0 aromatic rings. The Morgan fingerprint density at radius 1 is 1.27 bits per heavy atom. The third-order valence-corrected chi connectivity index (χ3v) is 5.38. The van der Waals surface area contributed by atoms with Gasteiger partial charge >= 0.3 is 6.18 Å². The van der Waals surface area contributed by atoms with Crippen LogP contribution < -0.4 is 5.32 Å². The van der Waals surface area contributed by atoms with Gasteiger partial charge in [-0.1, -0.05) is 13.3 Å². The standard InChI is InChI=1S/C18H33F3N4O/c1-3-22-17(23-10-15-6-5-7-16(15)26)25-9-8-14(12-25)11-24(4-2)13-18(19,20)21/h14-16,26H,3-13H2,1-2H3,(H,22,23). The zero-order valence-electron chi connectivity index (χ0n) is 15.9. The van der Waals surface area contributed by atoms with Crippen LogP contribution in [0, 0.1) is 11.8 Å². The van der Waals surface area contributed by atoms with Crippen molar-refractivity contribution in [1.82, 2.24) is 15.1 Å². The van der Waals surface area contributed by atoms with E-state index in [1.807, 2.05) is 6.92 Å². The second-order valence-corrected chi connectivity index (χ2v) is 7.50. The van der Waals surface area contributed by atoms with Crippen molar-refractivity contribution in [3.63, 3.8) is 0 Å². The van der Waals surface area contributed by atoms with Crippen LogP contribution in [0.15, 0.2) is 4.99 Å². The van der Waals surface area contributed by atoms with Gasteiger partial charge in [0.25, 0.3) is 0 Å². The van der Waals surface area contributed by atoms with Crippen molar-refractivity contribution in [3.05, 3.63) is 0 Å². The summed E-state index contributed by atoms with van der Waals surface area (Å²) in [6.07, 6.45) is -0.606. The zero-order chi connectivity index (χ0) is 19.2. The van der Waals surface area contributed by atoms with Crippen LogP contribution >= 0.6 is 0 Å². The summed E-state index contributed by atoms with van der Waals surface area (Å²) in [5.74, 6) is 1.27. The molecule has 0 radical (unpaired) electrons. The van der Waals surface area contributed by atoms with Crippen LogP contribution in [-0.2, 0) is 0 Å². The normalized spacial score (nSPS) is 27.6. The van der Waals surface area contributed by atoms with Crippen molar-refractivity contribution < 1.29 is 18.3 Å². The average Bonchev–Trinajstić information content (AvgIpc) is 3.19. The molecule has 1 aliphatic carbocycles. The Morgan fingerprint density at radius 2 is 2.04 bits per heavy atom. The van der Waals surface area contributed by atoms with Crippen LogP contribution in [0.5, 0.6) is 0 Å². The number of rotatable bonds is 7. The molecule has 5 nitrogen and oxygen atoms in total. The summed E-state index contributed by atoms with van der Waals surface area (Å²) in [4.78, 5) is 8.33. The lowest BCUT2D eigenvalue weighted by Crippen LogP contribution is -2.42. The van der Waals surface area contributed by atoms with Crippen LogP contribution in [0.2, 0.25) is 0 Å². The maximum Gasteiger partial charge on any atom is 0.401 e. The van der Waals surface area contributed by atoms with Crippen molar-refractivity contribution in [2.45, 2.75) is 51.8 Å². The van der Waals surface area contributed by atoms with Gasteiger partial charge in [0.2, 0.25) is 0 Å². The van der Waals surface area contributed by atoms with Gasteiger partial charge in [0.1, 0.15) is 0 Å². The molecule has 26 heavy (non-hydrogen) atoms. The monoisotopic (exact) mass is 378 g/mol. The van der Waals surface area contributed by atoms with Gasteiger partial charge in [-0.2, -0.15) is 13.2 Å². The van der Waals surface area contributed by atoms with Crippen LogP contribution in [0.4, 0.5) is 13.2 Å². The minimum absolute atomic E-state index is 0.221. The molecule has 0 aromatic carbocycles. The number of nitrogens with zero attached hydrogens (tertiary/aromatic N) is 3. The van der Waals surface area contributed by atoms with Gasteiger partial charge in [-0.25, -0.2) is 0 Å². The van der Waals surface area contributed by atoms with Crippen LogP contribution in [0.3, 0.4) is 0 Å². The molecule has 2 rings (SSSR count). The molecule has 1 aliphatic heterocycles. The first-order valence-electron chi connectivity index (χ1n) is 9.82. The molecule has 1 heterocycles. The fraction of sp³-hybridized carbons (Fsp3) is 0.944. The van der Waals surface area contributed by atoms with Gasteiger partial charge in [0.15, 0.2) is 5.96 Å². The molecule has 2 fully saturated rings. The summed E-state index contributed by atoms with van der Waals surface area (Å²) in [6.45, 7) is 6.72. The van der Waals surface area contributed by atoms with E-state index >= 15 is 0 Å². The first kappa shape index (κ1) is 21.3. The topological polar surface area (TPSA) is 51.1 Å². The number of aliphatic hydroxyl groups is 1. The molecule has 152 valence electrons. The molecule has 2 N–H and O–H groups in total. The van der Waals surface area contributed by atoms with E-state index in [2.05, 4.69) is 10.2 Å². The number of hydrogen-bond donors (Lipinski definition) is 2. The maximum absolute atomic E-state index is 12.7. The van der Waals surface area contributed by atoms with Gasteiger partial charge in [-0.05, 0) is 38.6 Å². The van der Waals surface area contributed by atoms with Gasteiger partial charge < -0.3 is 15.3 Å². The number of guanidine groups is 1. The highest BCUT2D eigenvalue weighted by molar-refractivity contribution is 5.80. The molecular weight excluding hydrogens is 345 g/mol. The van der Waals surface area contributed by atoms with E-state index in [1.54, 1.807) is 6.92 Å². The fourth-order valence-electron chi connectivity index (χ4n) is 3.96. The fourth-order valence-corrected chi connectivity index (χ4v) is 3.96.